The van der Waals surface area contributed by atoms with Crippen molar-refractivity contribution in [3.63, 3.8) is 0 Å². The number of ether oxygens (including phenoxy) is 1. The summed E-state index contributed by atoms with van der Waals surface area (Å²) in [6.45, 7) is 5.02. The van der Waals surface area contributed by atoms with Crippen LogP contribution in [-0.2, 0) is 0 Å². The van der Waals surface area contributed by atoms with Crippen LogP contribution in [0.2, 0.25) is 0 Å². The molecule has 2 aromatic rings. The standard InChI is InChI=1S/C18H23NOS/c1-3-10-20-16-12-13(2)6-9-15(16)19-18(14-7-8-14)17-5-4-11-21-17/h4-6,9,11-12,14,18-19H,3,7-8,10H2,1-2H3. The van der Waals surface area contributed by atoms with Crippen molar-refractivity contribution in [2.45, 2.75) is 39.2 Å². The lowest BCUT2D eigenvalue weighted by Gasteiger charge is -2.21. The van der Waals surface area contributed by atoms with Crippen LogP contribution in [0.25, 0.3) is 0 Å². The molecule has 1 aromatic carbocycles. The Morgan fingerprint density at radius 2 is 2.19 bits per heavy atom. The summed E-state index contributed by atoms with van der Waals surface area (Å²) in [6, 6.07) is 11.2. The average molecular weight is 301 g/mol. The van der Waals surface area contributed by atoms with E-state index in [1.807, 2.05) is 11.3 Å². The van der Waals surface area contributed by atoms with Crippen molar-refractivity contribution in [1.29, 1.82) is 0 Å². The summed E-state index contributed by atoms with van der Waals surface area (Å²) in [5, 5.41) is 5.90. The minimum Gasteiger partial charge on any atom is -0.491 e. The summed E-state index contributed by atoms with van der Waals surface area (Å²) >= 11 is 1.84. The second kappa shape index (κ2) is 6.52. The van der Waals surface area contributed by atoms with Gasteiger partial charge in [0.2, 0.25) is 0 Å². The third-order valence-electron chi connectivity index (χ3n) is 3.85. The van der Waals surface area contributed by atoms with E-state index in [-0.39, 0.29) is 0 Å². The number of thiophene rings is 1. The Hall–Kier alpha value is -1.48. The third kappa shape index (κ3) is 3.59. The van der Waals surface area contributed by atoms with Crippen LogP contribution in [0, 0.1) is 12.8 Å². The molecule has 1 aromatic heterocycles. The fraction of sp³-hybridized carbons (Fsp3) is 0.444. The molecule has 1 aliphatic rings. The third-order valence-corrected chi connectivity index (χ3v) is 4.81. The molecule has 3 heteroatoms. The van der Waals surface area contributed by atoms with Crippen molar-refractivity contribution in [1.82, 2.24) is 0 Å². The highest BCUT2D eigenvalue weighted by atomic mass is 32.1. The van der Waals surface area contributed by atoms with Gasteiger partial charge in [-0.15, -0.1) is 11.3 Å². The molecule has 0 radical (unpaired) electrons. The summed E-state index contributed by atoms with van der Waals surface area (Å²) in [4.78, 5) is 1.43. The zero-order chi connectivity index (χ0) is 14.7. The zero-order valence-electron chi connectivity index (χ0n) is 12.8. The van der Waals surface area contributed by atoms with E-state index in [2.05, 4.69) is 54.9 Å². The fourth-order valence-electron chi connectivity index (χ4n) is 2.57. The molecule has 1 atom stereocenters. The molecule has 0 saturated heterocycles. The molecule has 2 nitrogen and oxygen atoms in total. The van der Waals surface area contributed by atoms with E-state index in [1.165, 1.54) is 23.3 Å². The predicted molar refractivity (Wildman–Crippen MR) is 90.4 cm³/mol. The van der Waals surface area contributed by atoms with Gasteiger partial charge in [0.25, 0.3) is 0 Å². The van der Waals surface area contributed by atoms with Crippen LogP contribution in [0.1, 0.15) is 42.7 Å². The van der Waals surface area contributed by atoms with Crippen LogP contribution in [-0.4, -0.2) is 6.61 Å². The SMILES string of the molecule is CCCOc1cc(C)ccc1NC(c1cccs1)C1CC1. The van der Waals surface area contributed by atoms with Gasteiger partial charge in [-0.25, -0.2) is 0 Å². The van der Waals surface area contributed by atoms with Crippen LogP contribution < -0.4 is 10.1 Å². The molecule has 0 amide bonds. The van der Waals surface area contributed by atoms with E-state index >= 15 is 0 Å². The molecular formula is C18H23NOS. The van der Waals surface area contributed by atoms with E-state index in [9.17, 15) is 0 Å². The van der Waals surface area contributed by atoms with E-state index in [0.29, 0.717) is 6.04 Å². The minimum absolute atomic E-state index is 0.427. The Morgan fingerprint density at radius 3 is 2.86 bits per heavy atom. The molecule has 0 bridgehead atoms. The van der Waals surface area contributed by atoms with Crippen molar-refractivity contribution < 1.29 is 4.74 Å². The molecule has 21 heavy (non-hydrogen) atoms. The van der Waals surface area contributed by atoms with Crippen LogP contribution in [0.15, 0.2) is 35.7 Å². The molecule has 3 rings (SSSR count). The first-order chi connectivity index (χ1) is 10.3. The first-order valence-electron chi connectivity index (χ1n) is 7.81. The molecule has 1 fully saturated rings. The Kier molecular flexibility index (Phi) is 4.49. The Labute approximate surface area is 131 Å². The van der Waals surface area contributed by atoms with E-state index < -0.39 is 0 Å². The van der Waals surface area contributed by atoms with Crippen molar-refractivity contribution in [3.05, 3.63) is 46.2 Å². The molecular weight excluding hydrogens is 278 g/mol. The summed E-state index contributed by atoms with van der Waals surface area (Å²) in [5.41, 5.74) is 2.37. The summed E-state index contributed by atoms with van der Waals surface area (Å²) in [5.74, 6) is 1.75. The second-order valence-corrected chi connectivity index (χ2v) is 6.80. The highest BCUT2D eigenvalue weighted by molar-refractivity contribution is 7.10. The largest absolute Gasteiger partial charge is 0.491 e. The lowest BCUT2D eigenvalue weighted by molar-refractivity contribution is 0.318. The van der Waals surface area contributed by atoms with Crippen molar-refractivity contribution in [2.75, 3.05) is 11.9 Å². The van der Waals surface area contributed by atoms with Crippen molar-refractivity contribution >= 4 is 17.0 Å². The number of anilines is 1. The van der Waals surface area contributed by atoms with E-state index in [0.717, 1.165) is 30.4 Å². The van der Waals surface area contributed by atoms with Gasteiger partial charge in [0.05, 0.1) is 18.3 Å². The average Bonchev–Trinajstić information content (AvgIpc) is 3.18. The highest BCUT2D eigenvalue weighted by Crippen LogP contribution is 2.45. The summed E-state index contributed by atoms with van der Waals surface area (Å²) < 4.78 is 5.93. The maximum Gasteiger partial charge on any atom is 0.142 e. The second-order valence-electron chi connectivity index (χ2n) is 5.82. The Balaban J connectivity index is 1.82. The highest BCUT2D eigenvalue weighted by Gasteiger charge is 2.33. The molecule has 1 N–H and O–H groups in total. The predicted octanol–water partition coefficient (Wildman–Crippen LogP) is 5.41. The lowest BCUT2D eigenvalue weighted by atomic mass is 10.1. The lowest BCUT2D eigenvalue weighted by Crippen LogP contribution is -2.12. The zero-order valence-corrected chi connectivity index (χ0v) is 13.6. The van der Waals surface area contributed by atoms with Gasteiger partial charge in [0.1, 0.15) is 5.75 Å². The Morgan fingerprint density at radius 1 is 1.33 bits per heavy atom. The molecule has 1 unspecified atom stereocenters. The van der Waals surface area contributed by atoms with Gasteiger partial charge < -0.3 is 10.1 Å². The molecule has 0 spiro atoms. The number of hydrogen-bond donors (Lipinski definition) is 1. The van der Waals surface area contributed by atoms with Gasteiger partial charge in [-0.2, -0.15) is 0 Å². The fourth-order valence-corrected chi connectivity index (χ4v) is 3.44. The summed E-state index contributed by atoms with van der Waals surface area (Å²) in [6.07, 6.45) is 3.68. The number of benzene rings is 1. The van der Waals surface area contributed by atoms with Gasteiger partial charge in [-0.05, 0) is 61.2 Å². The molecule has 1 heterocycles. The molecule has 112 valence electrons. The normalized spacial score (nSPS) is 15.7. The number of aryl methyl sites for hydroxylation is 1. The minimum atomic E-state index is 0.427. The van der Waals surface area contributed by atoms with Crippen LogP contribution in [0.5, 0.6) is 5.75 Å². The molecule has 0 aliphatic heterocycles. The van der Waals surface area contributed by atoms with E-state index in [4.69, 9.17) is 4.74 Å². The maximum absolute atomic E-state index is 5.93. The van der Waals surface area contributed by atoms with Gasteiger partial charge in [0.15, 0.2) is 0 Å². The monoisotopic (exact) mass is 301 g/mol. The molecule has 1 aliphatic carbocycles. The number of rotatable bonds is 7. The first kappa shape index (κ1) is 14.5. The van der Waals surface area contributed by atoms with Crippen molar-refractivity contribution in [3.8, 4) is 5.75 Å². The van der Waals surface area contributed by atoms with Gasteiger partial charge in [-0.1, -0.05) is 19.1 Å². The smallest absolute Gasteiger partial charge is 0.142 e. The van der Waals surface area contributed by atoms with Crippen molar-refractivity contribution in [2.24, 2.45) is 5.92 Å². The number of nitrogens with one attached hydrogen (secondary N) is 1. The Bertz CT molecular complexity index is 575. The van der Waals surface area contributed by atoms with E-state index in [1.54, 1.807) is 0 Å². The quantitative estimate of drug-likeness (QED) is 0.738. The first-order valence-corrected chi connectivity index (χ1v) is 8.69. The van der Waals surface area contributed by atoms with Gasteiger partial charge in [0, 0.05) is 4.88 Å². The maximum atomic E-state index is 5.93. The van der Waals surface area contributed by atoms with Crippen LogP contribution in [0.4, 0.5) is 5.69 Å². The van der Waals surface area contributed by atoms with Crippen LogP contribution in [0.3, 0.4) is 0 Å². The summed E-state index contributed by atoms with van der Waals surface area (Å²) in [7, 11) is 0. The van der Waals surface area contributed by atoms with Gasteiger partial charge in [-0.3, -0.25) is 0 Å². The van der Waals surface area contributed by atoms with Gasteiger partial charge >= 0.3 is 0 Å². The topological polar surface area (TPSA) is 21.3 Å². The van der Waals surface area contributed by atoms with Crippen LogP contribution >= 0.6 is 11.3 Å². The molecule has 1 saturated carbocycles. The number of hydrogen-bond acceptors (Lipinski definition) is 3.